The highest BCUT2D eigenvalue weighted by atomic mass is 79.9. The van der Waals surface area contributed by atoms with Gasteiger partial charge in [-0.2, -0.15) is 0 Å². The largest absolute Gasteiger partial charge is 0.499 e. The van der Waals surface area contributed by atoms with E-state index in [0.29, 0.717) is 10.9 Å². The highest BCUT2D eigenvalue weighted by molar-refractivity contribution is 9.10. The van der Waals surface area contributed by atoms with E-state index in [2.05, 4.69) is 82.7 Å². The molecule has 4 aromatic carbocycles. The fourth-order valence-corrected chi connectivity index (χ4v) is 6.62. The molecule has 0 saturated carbocycles. The molecule has 6 rings (SSSR count). The van der Waals surface area contributed by atoms with Crippen LogP contribution in [0.5, 0.6) is 5.06 Å². The third-order valence-electron chi connectivity index (χ3n) is 7.14. The summed E-state index contributed by atoms with van der Waals surface area (Å²) in [5.41, 5.74) is 6.53. The molecule has 5 aromatic rings. The van der Waals surface area contributed by atoms with Crippen LogP contribution in [0.1, 0.15) is 40.5 Å². The van der Waals surface area contributed by atoms with Crippen molar-refractivity contribution >= 4 is 37.4 Å². The zero-order valence-corrected chi connectivity index (χ0v) is 21.4. The molecule has 1 aliphatic carbocycles. The minimum Gasteiger partial charge on any atom is -0.499 e. The van der Waals surface area contributed by atoms with Gasteiger partial charge >= 0.3 is 0 Å². The van der Waals surface area contributed by atoms with E-state index in [1.807, 2.05) is 30.3 Å². The second-order valence-electron chi connectivity index (χ2n) is 9.16. The van der Waals surface area contributed by atoms with Gasteiger partial charge in [0.05, 0.1) is 5.56 Å². The Kier molecular flexibility index (Phi) is 5.79. The molecular formula is C31H23BrO2S. The third-order valence-corrected chi connectivity index (χ3v) is 8.66. The van der Waals surface area contributed by atoms with Gasteiger partial charge in [-0.15, -0.1) is 0 Å². The summed E-state index contributed by atoms with van der Waals surface area (Å²) in [7, 11) is 0. The van der Waals surface area contributed by atoms with E-state index in [1.165, 1.54) is 33.6 Å². The number of aromatic hydroxyl groups is 1. The fraction of sp³-hybridized carbons (Fsp3) is 0.129. The quantitative estimate of drug-likeness (QED) is 0.251. The Morgan fingerprint density at radius 3 is 2.23 bits per heavy atom. The molecule has 4 heteroatoms. The van der Waals surface area contributed by atoms with Gasteiger partial charge in [0.2, 0.25) is 0 Å². The number of rotatable bonds is 3. The zero-order chi connectivity index (χ0) is 23.9. The van der Waals surface area contributed by atoms with E-state index in [1.54, 1.807) is 0 Å². The van der Waals surface area contributed by atoms with Gasteiger partial charge in [0.1, 0.15) is 0 Å². The monoisotopic (exact) mass is 538 g/mol. The summed E-state index contributed by atoms with van der Waals surface area (Å²) in [4.78, 5) is 13.6. The summed E-state index contributed by atoms with van der Waals surface area (Å²) < 4.78 is 1.89. The maximum atomic E-state index is 13.6. The van der Waals surface area contributed by atoms with Gasteiger partial charge in [0.15, 0.2) is 10.5 Å². The van der Waals surface area contributed by atoms with Crippen LogP contribution in [0.15, 0.2) is 106 Å². The lowest BCUT2D eigenvalue weighted by molar-refractivity contribution is 0.465. The van der Waals surface area contributed by atoms with E-state index in [0.717, 1.165) is 27.6 Å². The summed E-state index contributed by atoms with van der Waals surface area (Å²) in [6.45, 7) is 0. The molecule has 0 saturated heterocycles. The predicted octanol–water partition coefficient (Wildman–Crippen LogP) is 8.26. The molecule has 0 spiro atoms. The van der Waals surface area contributed by atoms with Gasteiger partial charge in [-0.05, 0) is 70.8 Å². The summed E-state index contributed by atoms with van der Waals surface area (Å²) in [6.07, 6.45) is 1.72. The van der Waals surface area contributed by atoms with Crippen LogP contribution in [-0.4, -0.2) is 5.11 Å². The van der Waals surface area contributed by atoms with Gasteiger partial charge in [-0.25, -0.2) is 0 Å². The van der Waals surface area contributed by atoms with Gasteiger partial charge in [-0.3, -0.25) is 4.79 Å². The van der Waals surface area contributed by atoms with Crippen LogP contribution in [0.25, 0.3) is 21.2 Å². The van der Waals surface area contributed by atoms with Crippen LogP contribution in [0.2, 0.25) is 0 Å². The summed E-state index contributed by atoms with van der Waals surface area (Å²) >= 11 is 4.80. The average molecular weight is 539 g/mol. The molecule has 0 fully saturated rings. The summed E-state index contributed by atoms with van der Waals surface area (Å²) in [6, 6.07) is 33.1. The number of hydrogen-bond donors (Lipinski definition) is 1. The Balaban J connectivity index is 1.41. The molecule has 0 aliphatic heterocycles. The van der Waals surface area contributed by atoms with E-state index >= 15 is 0 Å². The molecule has 1 aromatic heterocycles. The zero-order valence-electron chi connectivity index (χ0n) is 18.9. The van der Waals surface area contributed by atoms with Crippen molar-refractivity contribution in [1.29, 1.82) is 0 Å². The first-order valence-corrected chi connectivity index (χ1v) is 13.4. The average Bonchev–Trinajstić information content (AvgIpc) is 2.89. The first-order chi connectivity index (χ1) is 17.1. The number of halogens is 1. The highest BCUT2D eigenvalue weighted by Crippen LogP contribution is 2.46. The molecule has 1 N–H and O–H groups in total. The van der Waals surface area contributed by atoms with Crippen molar-refractivity contribution in [3.05, 3.63) is 134 Å². The van der Waals surface area contributed by atoms with Crippen molar-refractivity contribution in [2.45, 2.75) is 24.7 Å². The van der Waals surface area contributed by atoms with Crippen molar-refractivity contribution in [3.8, 4) is 16.2 Å². The van der Waals surface area contributed by atoms with Crippen LogP contribution in [-0.2, 0) is 6.42 Å². The first kappa shape index (κ1) is 22.3. The van der Waals surface area contributed by atoms with Gasteiger partial charge in [-0.1, -0.05) is 100 Å². The normalized spacial score (nSPS) is 17.3. The van der Waals surface area contributed by atoms with Crippen molar-refractivity contribution in [1.82, 2.24) is 0 Å². The van der Waals surface area contributed by atoms with E-state index < -0.39 is 0 Å². The maximum absolute atomic E-state index is 13.6. The number of benzene rings is 4. The smallest absolute Gasteiger partial charge is 0.195 e. The van der Waals surface area contributed by atoms with Crippen LogP contribution < -0.4 is 5.43 Å². The molecule has 35 heavy (non-hydrogen) atoms. The molecule has 0 radical (unpaired) electrons. The first-order valence-electron chi connectivity index (χ1n) is 11.8. The van der Waals surface area contributed by atoms with E-state index in [-0.39, 0.29) is 22.3 Å². The molecule has 0 unspecified atom stereocenters. The predicted molar refractivity (Wildman–Crippen MR) is 149 cm³/mol. The molecule has 0 amide bonds. The van der Waals surface area contributed by atoms with Gasteiger partial charge < -0.3 is 5.11 Å². The molecule has 0 bridgehead atoms. The topological polar surface area (TPSA) is 37.3 Å². The molecule has 1 heterocycles. The SMILES string of the molecule is O=c1c([C@H]2C[C@@H](c3ccc(-c4ccc(Br)cc4)cc3)Cc3ccccc32)c(O)sc2ccccc12. The second-order valence-corrected chi connectivity index (χ2v) is 11.1. The molecule has 172 valence electrons. The van der Waals surface area contributed by atoms with Gasteiger partial charge in [0, 0.05) is 20.5 Å². The standard InChI is InChI=1S/C31H23BrO2S/c32-24-15-13-20(14-16-24)19-9-11-21(12-10-19)23-17-22-5-1-2-6-25(22)27(18-23)29-30(33)26-7-3-4-8-28(26)35-31(29)34/h1-16,23,27,34H,17-18H2/t23-,27-/m0/s1. The van der Waals surface area contributed by atoms with Crippen LogP contribution in [0, 0.1) is 0 Å². The minimum absolute atomic E-state index is 0.0529. The lowest BCUT2D eigenvalue weighted by Crippen LogP contribution is -2.23. The minimum atomic E-state index is -0.135. The maximum Gasteiger partial charge on any atom is 0.195 e. The van der Waals surface area contributed by atoms with Crippen LogP contribution in [0.3, 0.4) is 0 Å². The molecule has 2 nitrogen and oxygen atoms in total. The third kappa shape index (κ3) is 4.11. The molecule has 1 aliphatic rings. The second kappa shape index (κ2) is 9.10. The Hall–Kier alpha value is -3.21. The van der Waals surface area contributed by atoms with Gasteiger partial charge in [0.25, 0.3) is 0 Å². The van der Waals surface area contributed by atoms with Crippen LogP contribution >= 0.6 is 27.3 Å². The molecular weight excluding hydrogens is 516 g/mol. The van der Waals surface area contributed by atoms with Crippen molar-refractivity contribution < 1.29 is 5.11 Å². The molecule has 2 atom stereocenters. The number of hydrogen-bond acceptors (Lipinski definition) is 3. The van der Waals surface area contributed by atoms with Crippen molar-refractivity contribution in [2.75, 3.05) is 0 Å². The van der Waals surface area contributed by atoms with E-state index in [9.17, 15) is 9.90 Å². The number of fused-ring (bicyclic) bond motifs is 2. The lowest BCUT2D eigenvalue weighted by Gasteiger charge is -2.32. The lowest BCUT2D eigenvalue weighted by atomic mass is 9.72. The summed E-state index contributed by atoms with van der Waals surface area (Å²) in [5.74, 6) is 0.133. The summed E-state index contributed by atoms with van der Waals surface area (Å²) in [5, 5.41) is 11.8. The Morgan fingerprint density at radius 2 is 1.46 bits per heavy atom. The Bertz CT molecular complexity index is 1590. The van der Waals surface area contributed by atoms with Crippen LogP contribution in [0.4, 0.5) is 0 Å². The van der Waals surface area contributed by atoms with E-state index in [4.69, 9.17) is 0 Å². The Morgan fingerprint density at radius 1 is 0.800 bits per heavy atom. The highest BCUT2D eigenvalue weighted by Gasteiger charge is 2.32. The van der Waals surface area contributed by atoms with Crippen molar-refractivity contribution in [2.24, 2.45) is 0 Å². The fourth-order valence-electron chi connectivity index (χ4n) is 5.39. The van der Waals surface area contributed by atoms with Crippen molar-refractivity contribution in [3.63, 3.8) is 0 Å². The Labute approximate surface area is 216 Å².